The van der Waals surface area contributed by atoms with Crippen LogP contribution in [0, 0.1) is 5.41 Å². The number of halogens is 1. The first-order chi connectivity index (χ1) is 8.46. The lowest BCUT2D eigenvalue weighted by molar-refractivity contribution is 0.205. The van der Waals surface area contributed by atoms with Gasteiger partial charge in [-0.2, -0.15) is 0 Å². The highest BCUT2D eigenvalue weighted by molar-refractivity contribution is 6.30. The van der Waals surface area contributed by atoms with E-state index < -0.39 is 0 Å². The highest BCUT2D eigenvalue weighted by atomic mass is 35.5. The Hall–Kier alpha value is -0.730. The Bertz CT molecular complexity index is 407. The van der Waals surface area contributed by atoms with Gasteiger partial charge in [-0.25, -0.2) is 0 Å². The second-order valence-corrected chi connectivity index (χ2v) is 6.53. The second-order valence-electron chi connectivity index (χ2n) is 6.09. The summed E-state index contributed by atoms with van der Waals surface area (Å²) in [6.45, 7) is 5.37. The quantitative estimate of drug-likeness (QED) is 0.864. The van der Waals surface area contributed by atoms with Crippen molar-refractivity contribution in [2.45, 2.75) is 52.1 Å². The minimum absolute atomic E-state index is 0.322. The van der Waals surface area contributed by atoms with Crippen molar-refractivity contribution in [3.8, 4) is 5.75 Å². The maximum Gasteiger partial charge on any atom is 0.120 e. The van der Waals surface area contributed by atoms with Crippen molar-refractivity contribution < 1.29 is 5.11 Å². The molecule has 1 aliphatic rings. The number of phenolic OH excluding ortho intramolecular Hbond substituents is 1. The van der Waals surface area contributed by atoms with Crippen molar-refractivity contribution in [2.75, 3.05) is 0 Å². The zero-order valence-corrected chi connectivity index (χ0v) is 11.9. The summed E-state index contributed by atoms with van der Waals surface area (Å²) in [5, 5.41) is 13.9. The van der Waals surface area contributed by atoms with Crippen LogP contribution in [-0.2, 0) is 6.54 Å². The van der Waals surface area contributed by atoms with E-state index in [1.165, 1.54) is 25.7 Å². The number of hydrogen-bond acceptors (Lipinski definition) is 2. The first kappa shape index (κ1) is 13.7. The summed E-state index contributed by atoms with van der Waals surface area (Å²) < 4.78 is 0. The Balaban J connectivity index is 1.87. The van der Waals surface area contributed by atoms with Crippen LogP contribution < -0.4 is 5.32 Å². The van der Waals surface area contributed by atoms with E-state index >= 15 is 0 Å². The first-order valence-corrected chi connectivity index (χ1v) is 7.05. The van der Waals surface area contributed by atoms with Crippen molar-refractivity contribution in [2.24, 2.45) is 5.41 Å². The van der Waals surface area contributed by atoms with Crippen LogP contribution in [0.4, 0.5) is 0 Å². The van der Waals surface area contributed by atoms with Gasteiger partial charge in [0.15, 0.2) is 0 Å². The van der Waals surface area contributed by atoms with Gasteiger partial charge in [-0.3, -0.25) is 0 Å². The van der Waals surface area contributed by atoms with Crippen LogP contribution in [0.25, 0.3) is 0 Å². The predicted octanol–water partition coefficient (Wildman–Crippen LogP) is 4.10. The minimum atomic E-state index is 0.322. The molecular formula is C15H22ClNO. The number of rotatable bonds is 3. The highest BCUT2D eigenvalue weighted by Gasteiger charge is 2.26. The smallest absolute Gasteiger partial charge is 0.120 e. The molecule has 1 aliphatic carbocycles. The maximum absolute atomic E-state index is 9.75. The van der Waals surface area contributed by atoms with Crippen molar-refractivity contribution >= 4 is 11.6 Å². The Morgan fingerprint density at radius 2 is 2.00 bits per heavy atom. The van der Waals surface area contributed by atoms with E-state index in [2.05, 4.69) is 19.2 Å². The van der Waals surface area contributed by atoms with Gasteiger partial charge in [-0.1, -0.05) is 25.4 Å². The lowest BCUT2D eigenvalue weighted by atomic mass is 9.75. The Kier molecular flexibility index (Phi) is 4.18. The Labute approximate surface area is 114 Å². The van der Waals surface area contributed by atoms with Crippen LogP contribution in [0.2, 0.25) is 5.02 Å². The molecule has 1 aromatic rings. The van der Waals surface area contributed by atoms with Crippen LogP contribution in [0.3, 0.4) is 0 Å². The van der Waals surface area contributed by atoms with Gasteiger partial charge < -0.3 is 10.4 Å². The summed E-state index contributed by atoms with van der Waals surface area (Å²) in [4.78, 5) is 0. The molecule has 0 bridgehead atoms. The van der Waals surface area contributed by atoms with Crippen molar-refractivity contribution in [1.29, 1.82) is 0 Å². The zero-order valence-electron chi connectivity index (χ0n) is 11.2. The fourth-order valence-electron chi connectivity index (χ4n) is 2.55. The average Bonchev–Trinajstić information content (AvgIpc) is 2.32. The third kappa shape index (κ3) is 3.63. The molecule has 0 heterocycles. The van der Waals surface area contributed by atoms with Gasteiger partial charge in [0, 0.05) is 23.2 Å². The fourth-order valence-corrected chi connectivity index (χ4v) is 2.75. The molecule has 0 amide bonds. The van der Waals surface area contributed by atoms with Gasteiger partial charge >= 0.3 is 0 Å². The second kappa shape index (κ2) is 5.50. The fraction of sp³-hybridized carbons (Fsp3) is 0.600. The van der Waals surface area contributed by atoms with Gasteiger partial charge in [-0.15, -0.1) is 0 Å². The molecule has 1 aromatic carbocycles. The number of nitrogens with one attached hydrogen (secondary N) is 1. The molecule has 2 N–H and O–H groups in total. The van der Waals surface area contributed by atoms with E-state index in [1.807, 2.05) is 6.07 Å². The normalized spacial score (nSPS) is 19.9. The Morgan fingerprint density at radius 3 is 2.67 bits per heavy atom. The van der Waals surface area contributed by atoms with E-state index in [-0.39, 0.29) is 0 Å². The molecule has 0 aromatic heterocycles. The van der Waals surface area contributed by atoms with Crippen LogP contribution in [0.15, 0.2) is 18.2 Å². The minimum Gasteiger partial charge on any atom is -0.508 e. The molecule has 0 aliphatic heterocycles. The molecule has 2 nitrogen and oxygen atoms in total. The highest BCUT2D eigenvalue weighted by Crippen LogP contribution is 2.35. The van der Waals surface area contributed by atoms with Crippen LogP contribution in [-0.4, -0.2) is 11.1 Å². The van der Waals surface area contributed by atoms with Gasteiger partial charge in [0.05, 0.1) is 0 Å². The third-order valence-electron chi connectivity index (χ3n) is 3.96. The lowest BCUT2D eigenvalue weighted by Crippen LogP contribution is -2.35. The predicted molar refractivity (Wildman–Crippen MR) is 76.0 cm³/mol. The van der Waals surface area contributed by atoms with Crippen LogP contribution in [0.5, 0.6) is 5.75 Å². The standard InChI is InChI=1S/C15H22ClNO/c1-15(2)7-5-13(6-8-15)17-10-11-9-12(16)3-4-14(11)18/h3-4,9,13,17-18H,5-8,10H2,1-2H3. The number of benzene rings is 1. The molecule has 100 valence electrons. The van der Waals surface area contributed by atoms with Gasteiger partial charge in [0.2, 0.25) is 0 Å². The summed E-state index contributed by atoms with van der Waals surface area (Å²) in [5.41, 5.74) is 1.38. The summed E-state index contributed by atoms with van der Waals surface area (Å²) in [6, 6.07) is 5.76. The van der Waals surface area contributed by atoms with Gasteiger partial charge in [-0.05, 0) is 49.3 Å². The molecule has 18 heavy (non-hydrogen) atoms. The molecular weight excluding hydrogens is 246 g/mol. The van der Waals surface area contributed by atoms with Crippen LogP contribution >= 0.6 is 11.6 Å². The summed E-state index contributed by atoms with van der Waals surface area (Å²) in [5.74, 6) is 0.322. The molecule has 0 atom stereocenters. The topological polar surface area (TPSA) is 32.3 Å². The van der Waals surface area contributed by atoms with Crippen molar-refractivity contribution in [3.63, 3.8) is 0 Å². The monoisotopic (exact) mass is 267 g/mol. The third-order valence-corrected chi connectivity index (χ3v) is 4.20. The maximum atomic E-state index is 9.75. The molecule has 2 rings (SSSR count). The lowest BCUT2D eigenvalue weighted by Gasteiger charge is -2.34. The van der Waals surface area contributed by atoms with Crippen molar-refractivity contribution in [1.82, 2.24) is 5.32 Å². The zero-order chi connectivity index (χ0) is 13.2. The number of phenols is 1. The summed E-state index contributed by atoms with van der Waals surface area (Å²) >= 11 is 5.94. The molecule has 0 unspecified atom stereocenters. The molecule has 1 saturated carbocycles. The van der Waals surface area contributed by atoms with Gasteiger partial charge in [0.25, 0.3) is 0 Å². The van der Waals surface area contributed by atoms with E-state index in [0.717, 1.165) is 5.56 Å². The van der Waals surface area contributed by atoms with Crippen molar-refractivity contribution in [3.05, 3.63) is 28.8 Å². The summed E-state index contributed by atoms with van der Waals surface area (Å²) in [7, 11) is 0. The van der Waals surface area contributed by atoms with Crippen LogP contribution in [0.1, 0.15) is 45.1 Å². The van der Waals surface area contributed by atoms with E-state index in [1.54, 1.807) is 12.1 Å². The molecule has 0 spiro atoms. The Morgan fingerprint density at radius 1 is 1.33 bits per heavy atom. The first-order valence-electron chi connectivity index (χ1n) is 6.67. The largest absolute Gasteiger partial charge is 0.508 e. The molecule has 3 heteroatoms. The molecule has 0 saturated heterocycles. The SMILES string of the molecule is CC1(C)CCC(NCc2cc(Cl)ccc2O)CC1. The van der Waals surface area contributed by atoms with E-state index in [9.17, 15) is 5.11 Å². The van der Waals surface area contributed by atoms with E-state index in [0.29, 0.717) is 28.8 Å². The molecule has 1 fully saturated rings. The van der Waals surface area contributed by atoms with Gasteiger partial charge in [0.1, 0.15) is 5.75 Å². The van der Waals surface area contributed by atoms with E-state index in [4.69, 9.17) is 11.6 Å². The molecule has 0 radical (unpaired) electrons. The number of hydrogen-bond donors (Lipinski definition) is 2. The summed E-state index contributed by atoms with van der Waals surface area (Å²) in [6.07, 6.45) is 4.97. The average molecular weight is 268 g/mol. The number of aromatic hydroxyl groups is 1.